The van der Waals surface area contributed by atoms with Crippen LogP contribution in [0.25, 0.3) is 0 Å². The van der Waals surface area contributed by atoms with Gasteiger partial charge in [0.25, 0.3) is 0 Å². The quantitative estimate of drug-likeness (QED) is 0.715. The molecule has 1 nitrogen and oxygen atoms in total. The van der Waals surface area contributed by atoms with Gasteiger partial charge in [-0.05, 0) is 55.2 Å². The first kappa shape index (κ1) is 12.6. The molecule has 2 fully saturated rings. The minimum atomic E-state index is 0.451. The molecule has 0 spiro atoms. The SMILES string of the molecule is ClCc1cc(Cl)ccc1OCC1CC2CCC1C2. The predicted molar refractivity (Wildman–Crippen MR) is 75.4 cm³/mol. The summed E-state index contributed by atoms with van der Waals surface area (Å²) in [6.45, 7) is 0.840. The molecule has 1 aromatic carbocycles. The van der Waals surface area contributed by atoms with E-state index in [1.807, 2.05) is 18.2 Å². The molecule has 0 amide bonds. The third-order valence-electron chi connectivity index (χ3n) is 4.50. The van der Waals surface area contributed by atoms with Gasteiger partial charge in [-0.25, -0.2) is 0 Å². The zero-order chi connectivity index (χ0) is 12.5. The van der Waals surface area contributed by atoms with Crippen molar-refractivity contribution >= 4 is 23.2 Å². The molecular weight excluding hydrogens is 267 g/mol. The summed E-state index contributed by atoms with van der Waals surface area (Å²) in [5, 5.41) is 0.720. The van der Waals surface area contributed by atoms with E-state index < -0.39 is 0 Å². The lowest BCUT2D eigenvalue weighted by Gasteiger charge is -2.22. The number of rotatable bonds is 4. The summed E-state index contributed by atoms with van der Waals surface area (Å²) in [5.41, 5.74) is 0.993. The van der Waals surface area contributed by atoms with E-state index in [0.717, 1.165) is 40.7 Å². The number of alkyl halides is 1. The highest BCUT2D eigenvalue weighted by atomic mass is 35.5. The van der Waals surface area contributed by atoms with E-state index in [2.05, 4.69) is 0 Å². The Labute approximate surface area is 118 Å². The van der Waals surface area contributed by atoms with Crippen molar-refractivity contribution < 1.29 is 4.74 Å². The molecule has 0 heterocycles. The Bertz CT molecular complexity index is 433. The second-order valence-corrected chi connectivity index (χ2v) is 6.34. The fourth-order valence-electron chi connectivity index (χ4n) is 3.57. The zero-order valence-electron chi connectivity index (χ0n) is 10.4. The number of benzene rings is 1. The molecule has 0 N–H and O–H groups in total. The number of ether oxygens (including phenoxy) is 1. The molecule has 2 aliphatic rings. The van der Waals surface area contributed by atoms with E-state index in [-0.39, 0.29) is 0 Å². The normalized spacial score (nSPS) is 29.8. The number of hydrogen-bond acceptors (Lipinski definition) is 1. The van der Waals surface area contributed by atoms with Crippen molar-refractivity contribution in [3.05, 3.63) is 28.8 Å². The van der Waals surface area contributed by atoms with Gasteiger partial charge in [-0.15, -0.1) is 11.6 Å². The fraction of sp³-hybridized carbons (Fsp3) is 0.600. The van der Waals surface area contributed by atoms with Gasteiger partial charge in [-0.2, -0.15) is 0 Å². The summed E-state index contributed by atoms with van der Waals surface area (Å²) in [6, 6.07) is 5.70. The number of fused-ring (bicyclic) bond motifs is 2. The van der Waals surface area contributed by atoms with Crippen LogP contribution in [0.15, 0.2) is 18.2 Å². The molecule has 0 aliphatic heterocycles. The largest absolute Gasteiger partial charge is 0.493 e. The highest BCUT2D eigenvalue weighted by molar-refractivity contribution is 6.30. The molecule has 0 saturated heterocycles. The molecular formula is C15H18Cl2O. The van der Waals surface area contributed by atoms with Crippen molar-refractivity contribution in [1.82, 2.24) is 0 Å². The molecule has 18 heavy (non-hydrogen) atoms. The van der Waals surface area contributed by atoms with Crippen molar-refractivity contribution in [2.24, 2.45) is 17.8 Å². The topological polar surface area (TPSA) is 9.23 Å². The molecule has 0 radical (unpaired) electrons. The summed E-state index contributed by atoms with van der Waals surface area (Å²) >= 11 is 11.9. The van der Waals surface area contributed by atoms with E-state index in [9.17, 15) is 0 Å². The van der Waals surface area contributed by atoms with Gasteiger partial charge >= 0.3 is 0 Å². The zero-order valence-corrected chi connectivity index (χ0v) is 11.9. The maximum absolute atomic E-state index is 5.98. The van der Waals surface area contributed by atoms with Crippen molar-refractivity contribution in [2.45, 2.75) is 31.6 Å². The molecule has 3 unspecified atom stereocenters. The number of halogens is 2. The van der Waals surface area contributed by atoms with Crippen LogP contribution in [0.3, 0.4) is 0 Å². The lowest BCUT2D eigenvalue weighted by molar-refractivity contribution is 0.194. The lowest BCUT2D eigenvalue weighted by Crippen LogP contribution is -2.18. The van der Waals surface area contributed by atoms with Crippen LogP contribution in [0, 0.1) is 17.8 Å². The van der Waals surface area contributed by atoms with E-state index in [1.165, 1.54) is 25.7 Å². The molecule has 3 heteroatoms. The molecule has 1 aromatic rings. The van der Waals surface area contributed by atoms with E-state index >= 15 is 0 Å². The Hall–Kier alpha value is -0.400. The maximum Gasteiger partial charge on any atom is 0.123 e. The van der Waals surface area contributed by atoms with Gasteiger partial charge in [0.2, 0.25) is 0 Å². The Morgan fingerprint density at radius 2 is 2.11 bits per heavy atom. The first-order chi connectivity index (χ1) is 8.76. The van der Waals surface area contributed by atoms with E-state index in [0.29, 0.717) is 5.88 Å². The van der Waals surface area contributed by atoms with Crippen LogP contribution >= 0.6 is 23.2 Å². The molecule has 2 bridgehead atoms. The predicted octanol–water partition coefficient (Wildman–Crippen LogP) is 4.89. The molecule has 2 saturated carbocycles. The van der Waals surface area contributed by atoms with Gasteiger partial charge < -0.3 is 4.74 Å². The van der Waals surface area contributed by atoms with Crippen LogP contribution in [0.5, 0.6) is 5.75 Å². The smallest absolute Gasteiger partial charge is 0.123 e. The van der Waals surface area contributed by atoms with Crippen molar-refractivity contribution in [3.63, 3.8) is 0 Å². The van der Waals surface area contributed by atoms with E-state index in [4.69, 9.17) is 27.9 Å². The third kappa shape index (κ3) is 2.48. The Morgan fingerprint density at radius 3 is 2.78 bits per heavy atom. The maximum atomic E-state index is 5.98. The lowest BCUT2D eigenvalue weighted by atomic mass is 9.89. The summed E-state index contributed by atoms with van der Waals surface area (Å²) in [4.78, 5) is 0. The Balaban J connectivity index is 1.63. The van der Waals surface area contributed by atoms with Crippen molar-refractivity contribution in [2.75, 3.05) is 6.61 Å². The summed E-state index contributed by atoms with van der Waals surface area (Å²) in [5.74, 6) is 3.98. The average Bonchev–Trinajstić information content (AvgIpc) is 2.99. The summed E-state index contributed by atoms with van der Waals surface area (Å²) in [7, 11) is 0. The van der Waals surface area contributed by atoms with Crippen LogP contribution in [0.1, 0.15) is 31.2 Å². The highest BCUT2D eigenvalue weighted by Crippen LogP contribution is 2.48. The van der Waals surface area contributed by atoms with Gasteiger partial charge in [0.15, 0.2) is 0 Å². The van der Waals surface area contributed by atoms with Gasteiger partial charge in [-0.3, -0.25) is 0 Å². The number of hydrogen-bond donors (Lipinski definition) is 0. The molecule has 3 atom stereocenters. The van der Waals surface area contributed by atoms with Crippen molar-refractivity contribution in [1.29, 1.82) is 0 Å². The fourth-order valence-corrected chi connectivity index (χ4v) is 3.97. The van der Waals surface area contributed by atoms with Gasteiger partial charge in [0.1, 0.15) is 5.75 Å². The molecule has 98 valence electrons. The second-order valence-electron chi connectivity index (χ2n) is 5.63. The minimum absolute atomic E-state index is 0.451. The highest BCUT2D eigenvalue weighted by Gasteiger charge is 2.39. The standard InChI is InChI=1S/C15H18Cl2O/c16-8-12-7-14(17)3-4-15(12)18-9-13-6-10-1-2-11(13)5-10/h3-4,7,10-11,13H,1-2,5-6,8-9H2. The van der Waals surface area contributed by atoms with Crippen LogP contribution in [-0.4, -0.2) is 6.61 Å². The van der Waals surface area contributed by atoms with Gasteiger partial charge in [0, 0.05) is 10.6 Å². The third-order valence-corrected chi connectivity index (χ3v) is 5.03. The summed E-state index contributed by atoms with van der Waals surface area (Å²) < 4.78 is 5.98. The Morgan fingerprint density at radius 1 is 1.22 bits per heavy atom. The van der Waals surface area contributed by atoms with Crippen LogP contribution in [0.2, 0.25) is 5.02 Å². The van der Waals surface area contributed by atoms with Gasteiger partial charge in [-0.1, -0.05) is 18.0 Å². The first-order valence-corrected chi connectivity index (χ1v) is 7.64. The summed E-state index contributed by atoms with van der Waals surface area (Å²) in [6.07, 6.45) is 5.63. The van der Waals surface area contributed by atoms with E-state index in [1.54, 1.807) is 0 Å². The monoisotopic (exact) mass is 284 g/mol. The van der Waals surface area contributed by atoms with Crippen LogP contribution in [0.4, 0.5) is 0 Å². The minimum Gasteiger partial charge on any atom is -0.493 e. The molecule has 0 aromatic heterocycles. The van der Waals surface area contributed by atoms with Crippen LogP contribution in [-0.2, 0) is 5.88 Å². The van der Waals surface area contributed by atoms with Crippen LogP contribution < -0.4 is 4.74 Å². The second kappa shape index (κ2) is 5.30. The molecule has 3 rings (SSSR count). The molecule has 2 aliphatic carbocycles. The first-order valence-electron chi connectivity index (χ1n) is 6.73. The van der Waals surface area contributed by atoms with Crippen molar-refractivity contribution in [3.8, 4) is 5.75 Å². The Kier molecular flexibility index (Phi) is 3.72. The van der Waals surface area contributed by atoms with Gasteiger partial charge in [0.05, 0.1) is 12.5 Å². The average molecular weight is 285 g/mol.